The third-order valence-corrected chi connectivity index (χ3v) is 1.47. The third-order valence-electron chi connectivity index (χ3n) is 1.47. The average Bonchev–Trinajstić information content (AvgIpc) is 2.15. The van der Waals surface area contributed by atoms with Gasteiger partial charge in [-0.2, -0.15) is 0 Å². The topological polar surface area (TPSA) is 50.2 Å². The van der Waals surface area contributed by atoms with Crippen LogP contribution in [0.15, 0.2) is 31.0 Å². The van der Waals surface area contributed by atoms with Crippen molar-refractivity contribution in [2.24, 2.45) is 0 Å². The van der Waals surface area contributed by atoms with Gasteiger partial charge in [-0.3, -0.25) is 4.98 Å². The summed E-state index contributed by atoms with van der Waals surface area (Å²) in [7, 11) is 0. The zero-order valence-corrected chi connectivity index (χ0v) is 6.97. The Morgan fingerprint density at radius 2 is 2.38 bits per heavy atom. The second-order valence-corrected chi connectivity index (χ2v) is 2.35. The SMILES string of the molecule is C=Cc1cccnc1C=CC(=O)O. The smallest absolute Gasteiger partial charge is 0.328 e. The van der Waals surface area contributed by atoms with E-state index in [4.69, 9.17) is 5.11 Å². The van der Waals surface area contributed by atoms with E-state index in [-0.39, 0.29) is 0 Å². The molecular formula is C10H9NO2. The molecule has 66 valence electrons. The van der Waals surface area contributed by atoms with Crippen LogP contribution in [0.5, 0.6) is 0 Å². The Hall–Kier alpha value is -1.90. The summed E-state index contributed by atoms with van der Waals surface area (Å²) in [6, 6.07) is 3.59. The van der Waals surface area contributed by atoms with Crippen molar-refractivity contribution in [1.29, 1.82) is 0 Å². The molecule has 1 heterocycles. The fourth-order valence-electron chi connectivity index (χ4n) is 0.892. The second-order valence-electron chi connectivity index (χ2n) is 2.35. The first-order chi connectivity index (χ1) is 6.24. The molecule has 0 bridgehead atoms. The van der Waals surface area contributed by atoms with E-state index in [0.29, 0.717) is 5.69 Å². The lowest BCUT2D eigenvalue weighted by Crippen LogP contribution is -1.89. The van der Waals surface area contributed by atoms with Gasteiger partial charge in [0.2, 0.25) is 0 Å². The van der Waals surface area contributed by atoms with E-state index in [1.54, 1.807) is 18.3 Å². The van der Waals surface area contributed by atoms with E-state index < -0.39 is 5.97 Å². The summed E-state index contributed by atoms with van der Waals surface area (Å²) in [5.74, 6) is -0.985. The minimum Gasteiger partial charge on any atom is -0.478 e. The van der Waals surface area contributed by atoms with Crippen molar-refractivity contribution >= 4 is 18.1 Å². The summed E-state index contributed by atoms with van der Waals surface area (Å²) in [6.45, 7) is 3.60. The Labute approximate surface area is 76.1 Å². The number of hydrogen-bond donors (Lipinski definition) is 1. The number of carboxylic acid groups (broad SMARTS) is 1. The summed E-state index contributed by atoms with van der Waals surface area (Å²) >= 11 is 0. The molecule has 0 amide bonds. The van der Waals surface area contributed by atoms with E-state index in [2.05, 4.69) is 11.6 Å². The molecule has 13 heavy (non-hydrogen) atoms. The average molecular weight is 175 g/mol. The van der Waals surface area contributed by atoms with Crippen molar-refractivity contribution in [2.75, 3.05) is 0 Å². The molecule has 1 rings (SSSR count). The molecule has 0 aliphatic heterocycles. The summed E-state index contributed by atoms with van der Waals surface area (Å²) < 4.78 is 0. The quantitative estimate of drug-likeness (QED) is 0.713. The number of rotatable bonds is 3. The van der Waals surface area contributed by atoms with Crippen LogP contribution in [0, 0.1) is 0 Å². The second kappa shape index (κ2) is 4.21. The van der Waals surface area contributed by atoms with Crippen molar-refractivity contribution < 1.29 is 9.90 Å². The maximum Gasteiger partial charge on any atom is 0.328 e. The highest BCUT2D eigenvalue weighted by Crippen LogP contribution is 2.07. The number of carboxylic acids is 1. The normalized spacial score (nSPS) is 10.2. The molecule has 0 unspecified atom stereocenters. The van der Waals surface area contributed by atoms with E-state index in [0.717, 1.165) is 11.6 Å². The number of hydrogen-bond acceptors (Lipinski definition) is 2. The Morgan fingerprint density at radius 1 is 1.62 bits per heavy atom. The van der Waals surface area contributed by atoms with E-state index in [1.165, 1.54) is 6.08 Å². The molecule has 1 aromatic rings. The lowest BCUT2D eigenvalue weighted by Gasteiger charge is -1.96. The molecule has 1 aromatic heterocycles. The van der Waals surface area contributed by atoms with E-state index in [1.807, 2.05) is 6.07 Å². The standard InChI is InChI=1S/C10H9NO2/c1-2-8-4-3-7-11-9(8)5-6-10(12)13/h2-7H,1H2,(H,12,13). The Bertz CT molecular complexity index is 356. The summed E-state index contributed by atoms with van der Waals surface area (Å²) in [4.78, 5) is 14.2. The largest absolute Gasteiger partial charge is 0.478 e. The molecule has 0 fully saturated rings. The monoisotopic (exact) mass is 175 g/mol. The minimum absolute atomic E-state index is 0.611. The van der Waals surface area contributed by atoms with Gasteiger partial charge in [-0.1, -0.05) is 18.7 Å². The van der Waals surface area contributed by atoms with Crippen LogP contribution in [-0.4, -0.2) is 16.1 Å². The number of nitrogens with zero attached hydrogens (tertiary/aromatic N) is 1. The van der Waals surface area contributed by atoms with Gasteiger partial charge < -0.3 is 5.11 Å². The molecule has 0 saturated carbocycles. The fraction of sp³-hybridized carbons (Fsp3) is 0. The highest BCUT2D eigenvalue weighted by molar-refractivity contribution is 5.85. The van der Waals surface area contributed by atoms with Gasteiger partial charge in [0.25, 0.3) is 0 Å². The lowest BCUT2D eigenvalue weighted by atomic mass is 10.2. The molecular weight excluding hydrogens is 166 g/mol. The Morgan fingerprint density at radius 3 is 3.00 bits per heavy atom. The third kappa shape index (κ3) is 2.56. The Kier molecular flexibility index (Phi) is 2.97. The first-order valence-electron chi connectivity index (χ1n) is 3.72. The molecule has 3 nitrogen and oxygen atoms in total. The highest BCUT2D eigenvalue weighted by atomic mass is 16.4. The zero-order valence-electron chi connectivity index (χ0n) is 6.97. The molecule has 0 saturated heterocycles. The van der Waals surface area contributed by atoms with Crippen molar-refractivity contribution in [3.05, 3.63) is 42.2 Å². The minimum atomic E-state index is -0.985. The molecule has 0 aromatic carbocycles. The van der Waals surface area contributed by atoms with Gasteiger partial charge in [-0.15, -0.1) is 0 Å². The predicted octanol–water partition coefficient (Wildman–Crippen LogP) is 1.82. The number of aromatic nitrogens is 1. The molecule has 0 spiro atoms. The van der Waals surface area contributed by atoms with Crippen molar-refractivity contribution in [2.45, 2.75) is 0 Å². The predicted molar refractivity (Wildman–Crippen MR) is 51.0 cm³/mol. The lowest BCUT2D eigenvalue weighted by molar-refractivity contribution is -0.131. The van der Waals surface area contributed by atoms with Gasteiger partial charge in [0.15, 0.2) is 0 Å². The van der Waals surface area contributed by atoms with Crippen LogP contribution in [0.2, 0.25) is 0 Å². The van der Waals surface area contributed by atoms with Gasteiger partial charge >= 0.3 is 5.97 Å². The zero-order chi connectivity index (χ0) is 9.68. The number of pyridine rings is 1. The summed E-state index contributed by atoms with van der Waals surface area (Å²) in [5.41, 5.74) is 1.43. The van der Waals surface area contributed by atoms with Crippen LogP contribution >= 0.6 is 0 Å². The van der Waals surface area contributed by atoms with Gasteiger partial charge in [0.1, 0.15) is 0 Å². The van der Waals surface area contributed by atoms with Crippen LogP contribution in [0.4, 0.5) is 0 Å². The van der Waals surface area contributed by atoms with Crippen LogP contribution in [-0.2, 0) is 4.79 Å². The number of carbonyl (C=O) groups is 1. The molecule has 0 radical (unpaired) electrons. The van der Waals surface area contributed by atoms with E-state index >= 15 is 0 Å². The molecule has 0 atom stereocenters. The van der Waals surface area contributed by atoms with Gasteiger partial charge in [-0.25, -0.2) is 4.79 Å². The van der Waals surface area contributed by atoms with Gasteiger partial charge in [-0.05, 0) is 17.7 Å². The van der Waals surface area contributed by atoms with Crippen LogP contribution in [0.1, 0.15) is 11.3 Å². The van der Waals surface area contributed by atoms with Gasteiger partial charge in [0, 0.05) is 12.3 Å². The van der Waals surface area contributed by atoms with Crippen molar-refractivity contribution in [1.82, 2.24) is 4.98 Å². The maximum atomic E-state index is 10.2. The van der Waals surface area contributed by atoms with Crippen LogP contribution in [0.3, 0.4) is 0 Å². The first-order valence-corrected chi connectivity index (χ1v) is 3.72. The van der Waals surface area contributed by atoms with Crippen LogP contribution in [0.25, 0.3) is 12.2 Å². The summed E-state index contributed by atoms with van der Waals surface area (Å²) in [5, 5.41) is 8.40. The van der Waals surface area contributed by atoms with E-state index in [9.17, 15) is 4.79 Å². The highest BCUT2D eigenvalue weighted by Gasteiger charge is 1.95. The van der Waals surface area contributed by atoms with Crippen LogP contribution < -0.4 is 0 Å². The Balaban J connectivity index is 3.00. The molecule has 0 aliphatic rings. The number of aliphatic carboxylic acids is 1. The van der Waals surface area contributed by atoms with Crippen molar-refractivity contribution in [3.8, 4) is 0 Å². The first kappa shape index (κ1) is 9.19. The maximum absolute atomic E-state index is 10.2. The molecule has 1 N–H and O–H groups in total. The van der Waals surface area contributed by atoms with Crippen molar-refractivity contribution in [3.63, 3.8) is 0 Å². The fourth-order valence-corrected chi connectivity index (χ4v) is 0.892. The molecule has 3 heteroatoms. The molecule has 0 aliphatic carbocycles. The van der Waals surface area contributed by atoms with Gasteiger partial charge in [0.05, 0.1) is 5.69 Å². The summed E-state index contributed by atoms with van der Waals surface area (Å²) in [6.07, 6.45) is 5.73.